The van der Waals surface area contributed by atoms with E-state index in [1.54, 1.807) is 23.0 Å². The van der Waals surface area contributed by atoms with Gasteiger partial charge in [0.05, 0.1) is 6.33 Å². The van der Waals surface area contributed by atoms with Gasteiger partial charge in [0.2, 0.25) is 5.95 Å². The molecule has 0 N–H and O–H groups in total. The van der Waals surface area contributed by atoms with Gasteiger partial charge < -0.3 is 4.57 Å². The lowest BCUT2D eigenvalue weighted by molar-refractivity contribution is 0.574. The van der Waals surface area contributed by atoms with E-state index in [1.165, 1.54) is 12.5 Å². The summed E-state index contributed by atoms with van der Waals surface area (Å²) in [5.41, 5.74) is 0.381. The molecule has 0 amide bonds. The molecular formula is C8H5BrFN3. The SMILES string of the molecule is Fc1ncc(Br)cc1-n1ccnc1. The Morgan fingerprint density at radius 2 is 2.31 bits per heavy atom. The van der Waals surface area contributed by atoms with Gasteiger partial charge in [-0.1, -0.05) is 0 Å². The van der Waals surface area contributed by atoms with E-state index in [4.69, 9.17) is 0 Å². The summed E-state index contributed by atoms with van der Waals surface area (Å²) in [6.45, 7) is 0. The predicted molar refractivity (Wildman–Crippen MR) is 49.0 cm³/mol. The van der Waals surface area contributed by atoms with Crippen LogP contribution in [0.5, 0.6) is 0 Å². The van der Waals surface area contributed by atoms with Crippen molar-refractivity contribution in [2.24, 2.45) is 0 Å². The van der Waals surface area contributed by atoms with Gasteiger partial charge in [-0.2, -0.15) is 4.39 Å². The summed E-state index contributed by atoms with van der Waals surface area (Å²) in [5.74, 6) is -0.513. The van der Waals surface area contributed by atoms with Crippen LogP contribution in [0.1, 0.15) is 0 Å². The summed E-state index contributed by atoms with van der Waals surface area (Å²) in [6.07, 6.45) is 6.18. The molecule has 2 aromatic heterocycles. The fourth-order valence-electron chi connectivity index (χ4n) is 0.995. The van der Waals surface area contributed by atoms with Crippen LogP contribution in [-0.2, 0) is 0 Å². The van der Waals surface area contributed by atoms with Crippen molar-refractivity contribution in [1.29, 1.82) is 0 Å². The Hall–Kier alpha value is -1.23. The molecule has 0 saturated heterocycles. The molecule has 0 radical (unpaired) electrons. The number of rotatable bonds is 1. The Balaban J connectivity index is 2.57. The van der Waals surface area contributed by atoms with Gasteiger partial charge in [-0.3, -0.25) is 0 Å². The zero-order chi connectivity index (χ0) is 9.26. The Kier molecular flexibility index (Phi) is 2.10. The third-order valence-electron chi connectivity index (χ3n) is 1.57. The first kappa shape index (κ1) is 8.37. The molecule has 66 valence electrons. The molecule has 2 rings (SSSR count). The molecular weight excluding hydrogens is 237 g/mol. The molecule has 13 heavy (non-hydrogen) atoms. The van der Waals surface area contributed by atoms with E-state index in [1.807, 2.05) is 0 Å². The van der Waals surface area contributed by atoms with Crippen molar-refractivity contribution in [1.82, 2.24) is 14.5 Å². The second-order valence-electron chi connectivity index (χ2n) is 2.43. The van der Waals surface area contributed by atoms with Crippen LogP contribution in [0, 0.1) is 5.95 Å². The molecule has 0 aliphatic rings. The number of pyridine rings is 1. The van der Waals surface area contributed by atoms with Gasteiger partial charge in [-0.25, -0.2) is 9.97 Å². The lowest BCUT2D eigenvalue weighted by Gasteiger charge is -2.02. The summed E-state index contributed by atoms with van der Waals surface area (Å²) in [6, 6.07) is 1.64. The number of hydrogen-bond acceptors (Lipinski definition) is 2. The highest BCUT2D eigenvalue weighted by atomic mass is 79.9. The summed E-state index contributed by atoms with van der Waals surface area (Å²) < 4.78 is 15.4. The molecule has 0 fully saturated rings. The first-order chi connectivity index (χ1) is 6.27. The summed E-state index contributed by atoms with van der Waals surface area (Å²) >= 11 is 3.22. The van der Waals surface area contributed by atoms with Crippen LogP contribution in [0.2, 0.25) is 0 Å². The third kappa shape index (κ3) is 1.60. The standard InChI is InChI=1S/C8H5BrFN3/c9-6-3-7(8(10)12-4-6)13-2-1-11-5-13/h1-5H. The van der Waals surface area contributed by atoms with Gasteiger partial charge in [0.1, 0.15) is 5.69 Å². The van der Waals surface area contributed by atoms with Gasteiger partial charge in [0.25, 0.3) is 0 Å². The van der Waals surface area contributed by atoms with Gasteiger partial charge in [0, 0.05) is 23.1 Å². The molecule has 3 nitrogen and oxygen atoms in total. The van der Waals surface area contributed by atoms with Crippen molar-refractivity contribution in [3.05, 3.63) is 41.4 Å². The summed E-state index contributed by atoms with van der Waals surface area (Å²) in [5, 5.41) is 0. The summed E-state index contributed by atoms with van der Waals surface area (Å²) in [7, 11) is 0. The number of hydrogen-bond donors (Lipinski definition) is 0. The van der Waals surface area contributed by atoms with Gasteiger partial charge in [-0.05, 0) is 22.0 Å². The maximum atomic E-state index is 13.2. The predicted octanol–water partition coefficient (Wildman–Crippen LogP) is 2.17. The van der Waals surface area contributed by atoms with E-state index in [2.05, 4.69) is 25.9 Å². The minimum atomic E-state index is -0.513. The largest absolute Gasteiger partial charge is 0.302 e. The lowest BCUT2D eigenvalue weighted by Crippen LogP contribution is -1.96. The second kappa shape index (κ2) is 3.26. The van der Waals surface area contributed by atoms with Crippen molar-refractivity contribution in [3.63, 3.8) is 0 Å². The second-order valence-corrected chi connectivity index (χ2v) is 3.35. The van der Waals surface area contributed by atoms with E-state index in [0.717, 1.165) is 4.47 Å². The molecule has 0 aliphatic carbocycles. The van der Waals surface area contributed by atoms with Crippen LogP contribution in [-0.4, -0.2) is 14.5 Å². The molecule has 0 bridgehead atoms. The van der Waals surface area contributed by atoms with Crippen LogP contribution in [0.15, 0.2) is 35.5 Å². The van der Waals surface area contributed by atoms with E-state index in [-0.39, 0.29) is 0 Å². The molecule has 0 aliphatic heterocycles. The van der Waals surface area contributed by atoms with Crippen LogP contribution >= 0.6 is 15.9 Å². The average Bonchev–Trinajstić information content (AvgIpc) is 2.61. The van der Waals surface area contributed by atoms with Crippen molar-refractivity contribution < 1.29 is 4.39 Å². The Morgan fingerprint density at radius 1 is 1.46 bits per heavy atom. The number of halogens is 2. The van der Waals surface area contributed by atoms with E-state index in [9.17, 15) is 4.39 Å². The third-order valence-corrected chi connectivity index (χ3v) is 2.00. The molecule has 0 atom stereocenters. The monoisotopic (exact) mass is 241 g/mol. The van der Waals surface area contributed by atoms with Crippen molar-refractivity contribution in [3.8, 4) is 5.69 Å². The number of nitrogens with zero attached hydrogens (tertiary/aromatic N) is 3. The zero-order valence-electron chi connectivity index (χ0n) is 6.48. The maximum Gasteiger partial charge on any atom is 0.237 e. The zero-order valence-corrected chi connectivity index (χ0v) is 8.07. The first-order valence-corrected chi connectivity index (χ1v) is 4.36. The molecule has 2 heterocycles. The minimum absolute atomic E-state index is 0.381. The number of aromatic nitrogens is 3. The van der Waals surface area contributed by atoms with Crippen LogP contribution < -0.4 is 0 Å². The molecule has 0 aromatic carbocycles. The lowest BCUT2D eigenvalue weighted by atomic mass is 10.4. The fourth-order valence-corrected chi connectivity index (χ4v) is 1.31. The fraction of sp³-hybridized carbons (Fsp3) is 0. The highest BCUT2D eigenvalue weighted by Gasteiger charge is 2.04. The molecule has 0 unspecified atom stereocenters. The summed E-state index contributed by atoms with van der Waals surface area (Å²) in [4.78, 5) is 7.40. The first-order valence-electron chi connectivity index (χ1n) is 3.57. The highest BCUT2D eigenvalue weighted by molar-refractivity contribution is 9.10. The van der Waals surface area contributed by atoms with Crippen molar-refractivity contribution in [2.45, 2.75) is 0 Å². The molecule has 0 saturated carbocycles. The van der Waals surface area contributed by atoms with Crippen LogP contribution in [0.4, 0.5) is 4.39 Å². The normalized spacial score (nSPS) is 10.3. The maximum absolute atomic E-state index is 13.2. The van der Waals surface area contributed by atoms with E-state index in [0.29, 0.717) is 5.69 Å². The minimum Gasteiger partial charge on any atom is -0.302 e. The van der Waals surface area contributed by atoms with Gasteiger partial charge in [-0.15, -0.1) is 0 Å². The Morgan fingerprint density at radius 3 is 3.00 bits per heavy atom. The van der Waals surface area contributed by atoms with Crippen molar-refractivity contribution in [2.75, 3.05) is 0 Å². The van der Waals surface area contributed by atoms with Gasteiger partial charge >= 0.3 is 0 Å². The molecule has 5 heteroatoms. The Bertz CT molecular complexity index is 413. The molecule has 0 spiro atoms. The van der Waals surface area contributed by atoms with Crippen LogP contribution in [0.25, 0.3) is 5.69 Å². The van der Waals surface area contributed by atoms with E-state index >= 15 is 0 Å². The smallest absolute Gasteiger partial charge is 0.237 e. The quantitative estimate of drug-likeness (QED) is 0.717. The van der Waals surface area contributed by atoms with E-state index < -0.39 is 5.95 Å². The Labute approximate surface area is 82.4 Å². The molecule has 2 aromatic rings. The number of imidazole rings is 1. The topological polar surface area (TPSA) is 30.7 Å². The highest BCUT2D eigenvalue weighted by Crippen LogP contribution is 2.16. The van der Waals surface area contributed by atoms with Crippen molar-refractivity contribution >= 4 is 15.9 Å². The average molecular weight is 242 g/mol. The van der Waals surface area contributed by atoms with Crippen LogP contribution in [0.3, 0.4) is 0 Å². The van der Waals surface area contributed by atoms with Gasteiger partial charge in [0.15, 0.2) is 0 Å².